The molecule has 0 atom stereocenters. The van der Waals surface area contributed by atoms with Gasteiger partial charge >= 0.3 is 6.03 Å². The van der Waals surface area contributed by atoms with Gasteiger partial charge in [-0.05, 0) is 37.1 Å². The first-order valence-corrected chi connectivity index (χ1v) is 9.27. The molecule has 4 rings (SSSR count). The van der Waals surface area contributed by atoms with Gasteiger partial charge in [-0.25, -0.2) is 14.2 Å². The Morgan fingerprint density at radius 3 is 2.62 bits per heavy atom. The fourth-order valence-corrected chi connectivity index (χ4v) is 3.72. The summed E-state index contributed by atoms with van der Waals surface area (Å²) < 4.78 is 15.3. The predicted octanol–water partition coefficient (Wildman–Crippen LogP) is 2.39. The second-order valence-electron chi connectivity index (χ2n) is 6.88. The molecule has 2 aliphatic rings. The van der Waals surface area contributed by atoms with Crippen molar-refractivity contribution in [2.24, 2.45) is 0 Å². The second-order valence-corrected chi connectivity index (χ2v) is 6.88. The largest absolute Gasteiger partial charge is 0.368 e. The number of halogens is 1. The molecule has 0 saturated carbocycles. The molecule has 0 unspecified atom stereocenters. The number of benzene rings is 1. The van der Waals surface area contributed by atoms with Crippen molar-refractivity contribution >= 4 is 11.7 Å². The van der Waals surface area contributed by atoms with Crippen LogP contribution in [0.25, 0.3) is 0 Å². The van der Waals surface area contributed by atoms with E-state index in [0.29, 0.717) is 19.6 Å². The number of imidazole rings is 1. The van der Waals surface area contributed by atoms with Crippen LogP contribution in [0.1, 0.15) is 24.4 Å². The Hall–Kier alpha value is -2.57. The van der Waals surface area contributed by atoms with Crippen molar-refractivity contribution in [1.29, 1.82) is 0 Å². The van der Waals surface area contributed by atoms with E-state index in [0.717, 1.165) is 43.3 Å². The minimum atomic E-state index is -0.228. The Morgan fingerprint density at radius 2 is 1.85 bits per heavy atom. The third-order valence-corrected chi connectivity index (χ3v) is 5.23. The van der Waals surface area contributed by atoms with Gasteiger partial charge in [0.2, 0.25) is 0 Å². The van der Waals surface area contributed by atoms with Crippen molar-refractivity contribution in [3.63, 3.8) is 0 Å². The summed E-state index contributed by atoms with van der Waals surface area (Å²) in [5.74, 6) is 0.905. The van der Waals surface area contributed by atoms with Crippen LogP contribution in [-0.4, -0.2) is 46.7 Å². The topological polar surface area (TPSA) is 53.4 Å². The second kappa shape index (κ2) is 7.35. The lowest BCUT2D eigenvalue weighted by atomic mass is 10.1. The number of nitrogens with one attached hydrogen (secondary N) is 1. The van der Waals surface area contributed by atoms with E-state index in [4.69, 9.17) is 0 Å². The first-order chi connectivity index (χ1) is 12.7. The van der Waals surface area contributed by atoms with Gasteiger partial charge in [0.15, 0.2) is 0 Å². The average Bonchev–Trinajstić information content (AvgIpc) is 3.10. The van der Waals surface area contributed by atoms with Crippen molar-refractivity contribution in [1.82, 2.24) is 19.8 Å². The lowest BCUT2D eigenvalue weighted by Gasteiger charge is -2.36. The maximum absolute atomic E-state index is 13.0. The molecule has 1 aromatic carbocycles. The highest BCUT2D eigenvalue weighted by atomic mass is 19.1. The van der Waals surface area contributed by atoms with Gasteiger partial charge in [-0.3, -0.25) is 0 Å². The number of hydrogen-bond donors (Lipinski definition) is 1. The Balaban J connectivity index is 1.28. The Bertz CT molecular complexity index is 765. The fourth-order valence-electron chi connectivity index (χ4n) is 3.72. The number of aryl methyl sites for hydroxylation is 1. The standard InChI is InChI=1S/C19H24FN5O/c20-15-4-6-16(7-5-15)23-9-11-24(12-10-23)19(26)22-14-17-13-21-18-3-1-2-8-25(17)18/h4-7,13H,1-3,8-12,14H2,(H,22,26). The molecule has 2 aromatic rings. The third-order valence-electron chi connectivity index (χ3n) is 5.23. The predicted molar refractivity (Wildman–Crippen MR) is 97.6 cm³/mol. The van der Waals surface area contributed by atoms with Crippen LogP contribution in [0.3, 0.4) is 0 Å². The lowest BCUT2D eigenvalue weighted by Crippen LogP contribution is -2.51. The van der Waals surface area contributed by atoms with E-state index in [9.17, 15) is 9.18 Å². The van der Waals surface area contributed by atoms with Gasteiger partial charge in [-0.2, -0.15) is 0 Å². The van der Waals surface area contributed by atoms with E-state index >= 15 is 0 Å². The van der Waals surface area contributed by atoms with Crippen LogP contribution in [-0.2, 0) is 19.5 Å². The van der Waals surface area contributed by atoms with Crippen molar-refractivity contribution in [3.05, 3.63) is 47.8 Å². The smallest absolute Gasteiger partial charge is 0.317 e. The summed E-state index contributed by atoms with van der Waals surface area (Å²) in [4.78, 5) is 20.9. The van der Waals surface area contributed by atoms with Crippen LogP contribution >= 0.6 is 0 Å². The number of fused-ring (bicyclic) bond motifs is 1. The number of aromatic nitrogens is 2. The van der Waals surface area contributed by atoms with Crippen LogP contribution < -0.4 is 10.2 Å². The summed E-state index contributed by atoms with van der Waals surface area (Å²) in [6, 6.07) is 6.48. The molecule has 0 spiro atoms. The molecule has 138 valence electrons. The molecule has 1 saturated heterocycles. The minimum absolute atomic E-state index is 0.0323. The molecule has 6 nitrogen and oxygen atoms in total. The first kappa shape index (κ1) is 16.9. The maximum atomic E-state index is 13.0. The highest BCUT2D eigenvalue weighted by Crippen LogP contribution is 2.18. The molecule has 0 radical (unpaired) electrons. The van der Waals surface area contributed by atoms with Gasteiger partial charge in [0, 0.05) is 44.8 Å². The van der Waals surface area contributed by atoms with Gasteiger partial charge in [0.1, 0.15) is 11.6 Å². The Kier molecular flexibility index (Phi) is 4.77. The van der Waals surface area contributed by atoms with Crippen LogP contribution in [0.2, 0.25) is 0 Å². The van der Waals surface area contributed by atoms with Crippen molar-refractivity contribution in [2.75, 3.05) is 31.1 Å². The van der Waals surface area contributed by atoms with Gasteiger partial charge in [-0.15, -0.1) is 0 Å². The number of carbonyl (C=O) groups excluding carboxylic acids is 1. The molecule has 7 heteroatoms. The molecule has 0 bridgehead atoms. The Labute approximate surface area is 152 Å². The number of amides is 2. The summed E-state index contributed by atoms with van der Waals surface area (Å²) in [6.45, 7) is 4.34. The number of nitrogens with zero attached hydrogens (tertiary/aromatic N) is 4. The zero-order valence-corrected chi connectivity index (χ0v) is 14.8. The number of carbonyl (C=O) groups is 1. The fraction of sp³-hybridized carbons (Fsp3) is 0.474. The summed E-state index contributed by atoms with van der Waals surface area (Å²) in [6.07, 6.45) is 5.28. The van der Waals surface area contributed by atoms with Crippen molar-refractivity contribution < 1.29 is 9.18 Å². The normalized spacial score (nSPS) is 17.1. The van der Waals surface area contributed by atoms with Crippen LogP contribution in [0.5, 0.6) is 0 Å². The molecule has 1 aromatic heterocycles. The van der Waals surface area contributed by atoms with E-state index in [1.807, 2.05) is 11.1 Å². The maximum Gasteiger partial charge on any atom is 0.317 e. The lowest BCUT2D eigenvalue weighted by molar-refractivity contribution is 0.193. The van der Waals surface area contributed by atoms with Crippen LogP contribution in [0.15, 0.2) is 30.5 Å². The van der Waals surface area contributed by atoms with Crippen molar-refractivity contribution in [2.45, 2.75) is 32.4 Å². The molecule has 3 heterocycles. The highest BCUT2D eigenvalue weighted by molar-refractivity contribution is 5.74. The zero-order chi connectivity index (χ0) is 17.9. The van der Waals surface area contributed by atoms with Gasteiger partial charge in [-0.1, -0.05) is 0 Å². The highest BCUT2D eigenvalue weighted by Gasteiger charge is 2.22. The average molecular weight is 357 g/mol. The Morgan fingerprint density at radius 1 is 1.08 bits per heavy atom. The summed E-state index contributed by atoms with van der Waals surface area (Å²) in [5, 5.41) is 3.03. The molecule has 0 aliphatic carbocycles. The molecular formula is C19H24FN5O. The molecule has 26 heavy (non-hydrogen) atoms. The zero-order valence-electron chi connectivity index (χ0n) is 14.8. The van der Waals surface area contributed by atoms with Gasteiger partial charge in [0.25, 0.3) is 0 Å². The number of anilines is 1. The number of piperazine rings is 1. The van der Waals surface area contributed by atoms with E-state index < -0.39 is 0 Å². The summed E-state index contributed by atoms with van der Waals surface area (Å²) >= 11 is 0. The monoisotopic (exact) mass is 357 g/mol. The first-order valence-electron chi connectivity index (χ1n) is 9.27. The third kappa shape index (κ3) is 3.52. The van der Waals surface area contributed by atoms with E-state index in [2.05, 4.69) is 19.8 Å². The van der Waals surface area contributed by atoms with Gasteiger partial charge < -0.3 is 19.7 Å². The molecule has 2 amide bonds. The van der Waals surface area contributed by atoms with E-state index in [1.165, 1.54) is 25.0 Å². The van der Waals surface area contributed by atoms with Crippen molar-refractivity contribution in [3.8, 4) is 0 Å². The number of hydrogen-bond acceptors (Lipinski definition) is 3. The minimum Gasteiger partial charge on any atom is -0.368 e. The number of urea groups is 1. The summed E-state index contributed by atoms with van der Waals surface area (Å²) in [5.41, 5.74) is 2.08. The molecule has 2 aliphatic heterocycles. The SMILES string of the molecule is O=C(NCc1cnc2n1CCCC2)N1CCN(c2ccc(F)cc2)CC1. The van der Waals surface area contributed by atoms with Gasteiger partial charge in [0.05, 0.1) is 18.4 Å². The van der Waals surface area contributed by atoms with Crippen LogP contribution in [0, 0.1) is 5.82 Å². The summed E-state index contributed by atoms with van der Waals surface area (Å²) in [7, 11) is 0. The molecule has 1 N–H and O–H groups in total. The van der Waals surface area contributed by atoms with E-state index in [1.54, 1.807) is 12.1 Å². The number of rotatable bonds is 3. The molecular weight excluding hydrogens is 333 g/mol. The molecule has 1 fully saturated rings. The quantitative estimate of drug-likeness (QED) is 0.918. The van der Waals surface area contributed by atoms with Crippen LogP contribution in [0.4, 0.5) is 14.9 Å². The van der Waals surface area contributed by atoms with E-state index in [-0.39, 0.29) is 11.8 Å².